The largest absolute Gasteiger partial charge is 0.420 e. The molecule has 7 heteroatoms. The molecule has 22 heavy (non-hydrogen) atoms. The Labute approximate surface area is 128 Å². The van der Waals surface area contributed by atoms with E-state index in [0.29, 0.717) is 11.9 Å². The number of rotatable bonds is 2. The average Bonchev–Trinajstić information content (AvgIpc) is 2.46. The highest BCUT2D eigenvalue weighted by Gasteiger charge is 2.34. The Morgan fingerprint density at radius 1 is 1.00 bits per heavy atom. The highest BCUT2D eigenvalue weighted by Crippen LogP contribution is 2.33. The van der Waals surface area contributed by atoms with Crippen LogP contribution in [0.2, 0.25) is 5.15 Å². The van der Waals surface area contributed by atoms with Crippen molar-refractivity contribution in [2.24, 2.45) is 0 Å². The Kier molecular flexibility index (Phi) is 3.62. The highest BCUT2D eigenvalue weighted by atomic mass is 35.5. The van der Waals surface area contributed by atoms with Gasteiger partial charge in [-0.2, -0.15) is 13.2 Å². The molecule has 1 aromatic heterocycles. The summed E-state index contributed by atoms with van der Waals surface area (Å²) in [4.78, 5) is 7.29. The first-order valence-corrected chi connectivity index (χ1v) is 6.67. The molecule has 0 amide bonds. The van der Waals surface area contributed by atoms with E-state index in [1.54, 1.807) is 6.07 Å². The zero-order valence-electron chi connectivity index (χ0n) is 11.0. The van der Waals surface area contributed by atoms with Crippen molar-refractivity contribution in [1.82, 2.24) is 9.97 Å². The van der Waals surface area contributed by atoms with Crippen molar-refractivity contribution >= 4 is 34.0 Å². The SMILES string of the molecule is FC(F)(F)c1cnc(Nc2ccc3ccccc3c2)nc1Cl. The zero-order valence-corrected chi connectivity index (χ0v) is 11.8. The molecule has 0 atom stereocenters. The molecule has 0 spiro atoms. The summed E-state index contributed by atoms with van der Waals surface area (Å²) in [7, 11) is 0. The molecule has 0 aliphatic heterocycles. The minimum Gasteiger partial charge on any atom is -0.324 e. The van der Waals surface area contributed by atoms with Crippen LogP contribution in [0.25, 0.3) is 10.8 Å². The smallest absolute Gasteiger partial charge is 0.324 e. The fourth-order valence-electron chi connectivity index (χ4n) is 2.01. The van der Waals surface area contributed by atoms with Crippen LogP contribution in [0.15, 0.2) is 48.7 Å². The van der Waals surface area contributed by atoms with Crippen LogP contribution in [0.3, 0.4) is 0 Å². The number of benzene rings is 2. The maximum Gasteiger partial charge on any atom is 0.420 e. The monoisotopic (exact) mass is 323 g/mol. The van der Waals surface area contributed by atoms with Gasteiger partial charge in [-0.3, -0.25) is 0 Å². The predicted octanol–water partition coefficient (Wildman–Crippen LogP) is 5.05. The third-order valence-corrected chi connectivity index (χ3v) is 3.34. The van der Waals surface area contributed by atoms with E-state index in [2.05, 4.69) is 15.3 Å². The van der Waals surface area contributed by atoms with Crippen LogP contribution in [0.4, 0.5) is 24.8 Å². The van der Waals surface area contributed by atoms with E-state index in [1.807, 2.05) is 36.4 Å². The second kappa shape index (κ2) is 5.46. The van der Waals surface area contributed by atoms with E-state index >= 15 is 0 Å². The van der Waals surface area contributed by atoms with Gasteiger partial charge in [-0.05, 0) is 22.9 Å². The summed E-state index contributed by atoms with van der Waals surface area (Å²) in [5, 5.41) is 4.25. The molecule has 112 valence electrons. The van der Waals surface area contributed by atoms with Gasteiger partial charge < -0.3 is 5.32 Å². The van der Waals surface area contributed by atoms with Crippen LogP contribution < -0.4 is 5.32 Å². The standard InChI is InChI=1S/C15H9ClF3N3/c16-13-12(15(17,18)19)8-20-14(22-13)21-11-6-5-9-3-1-2-4-10(9)7-11/h1-8H,(H,20,21,22). The van der Waals surface area contributed by atoms with Gasteiger partial charge >= 0.3 is 6.18 Å². The molecule has 3 aromatic rings. The van der Waals surface area contributed by atoms with Gasteiger partial charge in [0, 0.05) is 11.9 Å². The molecule has 0 saturated carbocycles. The summed E-state index contributed by atoms with van der Waals surface area (Å²) in [6.07, 6.45) is -3.91. The van der Waals surface area contributed by atoms with Gasteiger partial charge in [0.15, 0.2) is 0 Å². The molecule has 0 unspecified atom stereocenters. The van der Waals surface area contributed by atoms with Crippen LogP contribution in [0.1, 0.15) is 5.56 Å². The van der Waals surface area contributed by atoms with Crippen LogP contribution in [0.5, 0.6) is 0 Å². The number of aromatic nitrogens is 2. The summed E-state index contributed by atoms with van der Waals surface area (Å²) in [5.74, 6) is 0.00767. The number of nitrogens with one attached hydrogen (secondary N) is 1. The van der Waals surface area contributed by atoms with Gasteiger partial charge in [-0.15, -0.1) is 0 Å². The Morgan fingerprint density at radius 2 is 1.73 bits per heavy atom. The average molecular weight is 324 g/mol. The van der Waals surface area contributed by atoms with Crippen molar-refractivity contribution in [3.05, 3.63) is 59.4 Å². The quantitative estimate of drug-likeness (QED) is 0.671. The van der Waals surface area contributed by atoms with Crippen molar-refractivity contribution < 1.29 is 13.2 Å². The summed E-state index contributed by atoms with van der Waals surface area (Å²) < 4.78 is 37.8. The van der Waals surface area contributed by atoms with Gasteiger partial charge in [0.2, 0.25) is 5.95 Å². The van der Waals surface area contributed by atoms with Crippen LogP contribution in [0, 0.1) is 0 Å². The lowest BCUT2D eigenvalue weighted by molar-refractivity contribution is -0.137. The number of fused-ring (bicyclic) bond motifs is 1. The molecular formula is C15H9ClF3N3. The van der Waals surface area contributed by atoms with Crippen molar-refractivity contribution in [3.63, 3.8) is 0 Å². The molecule has 0 radical (unpaired) electrons. The molecule has 0 aliphatic carbocycles. The normalized spacial score (nSPS) is 11.6. The lowest BCUT2D eigenvalue weighted by atomic mass is 10.1. The zero-order chi connectivity index (χ0) is 15.7. The molecule has 0 bridgehead atoms. The van der Waals surface area contributed by atoms with Crippen LogP contribution in [-0.4, -0.2) is 9.97 Å². The first-order valence-electron chi connectivity index (χ1n) is 6.29. The lowest BCUT2D eigenvalue weighted by Gasteiger charge is -2.10. The minimum atomic E-state index is -4.57. The molecule has 0 fully saturated rings. The summed E-state index contributed by atoms with van der Waals surface area (Å²) in [5.41, 5.74) is -0.396. The first-order chi connectivity index (χ1) is 10.4. The Bertz CT molecular complexity index is 834. The maximum absolute atomic E-state index is 12.6. The van der Waals surface area contributed by atoms with Gasteiger partial charge in [0.25, 0.3) is 0 Å². The first kappa shape index (κ1) is 14.6. The lowest BCUT2D eigenvalue weighted by Crippen LogP contribution is -2.09. The summed E-state index contributed by atoms with van der Waals surface area (Å²) in [6.45, 7) is 0. The molecule has 1 heterocycles. The van der Waals surface area contributed by atoms with Crippen molar-refractivity contribution in [3.8, 4) is 0 Å². The summed E-state index contributed by atoms with van der Waals surface area (Å²) >= 11 is 5.56. The van der Waals surface area contributed by atoms with Gasteiger partial charge in [-0.1, -0.05) is 41.9 Å². The van der Waals surface area contributed by atoms with Crippen molar-refractivity contribution in [2.75, 3.05) is 5.32 Å². The number of halogens is 4. The molecule has 0 saturated heterocycles. The molecule has 1 N–H and O–H groups in total. The molecule has 0 aliphatic rings. The Morgan fingerprint density at radius 3 is 2.41 bits per heavy atom. The fourth-order valence-corrected chi connectivity index (χ4v) is 2.24. The van der Waals surface area contributed by atoms with Gasteiger partial charge in [0.05, 0.1) is 0 Å². The maximum atomic E-state index is 12.6. The van der Waals surface area contributed by atoms with Crippen molar-refractivity contribution in [2.45, 2.75) is 6.18 Å². The third-order valence-electron chi connectivity index (χ3n) is 3.05. The Balaban J connectivity index is 1.90. The van der Waals surface area contributed by atoms with E-state index in [1.165, 1.54) is 0 Å². The molecular weight excluding hydrogens is 315 g/mol. The number of hydrogen-bond donors (Lipinski definition) is 1. The van der Waals surface area contributed by atoms with Crippen LogP contribution >= 0.6 is 11.6 Å². The van der Waals surface area contributed by atoms with Crippen molar-refractivity contribution in [1.29, 1.82) is 0 Å². The third kappa shape index (κ3) is 2.96. The van der Waals surface area contributed by atoms with E-state index in [-0.39, 0.29) is 5.95 Å². The number of nitrogens with zero attached hydrogens (tertiary/aromatic N) is 2. The second-order valence-corrected chi connectivity index (χ2v) is 4.94. The van der Waals surface area contributed by atoms with Gasteiger partial charge in [0.1, 0.15) is 10.7 Å². The van der Waals surface area contributed by atoms with E-state index in [9.17, 15) is 13.2 Å². The fraction of sp³-hybridized carbons (Fsp3) is 0.0667. The van der Waals surface area contributed by atoms with E-state index in [0.717, 1.165) is 10.8 Å². The van der Waals surface area contributed by atoms with E-state index < -0.39 is 16.9 Å². The highest BCUT2D eigenvalue weighted by molar-refractivity contribution is 6.30. The van der Waals surface area contributed by atoms with E-state index in [4.69, 9.17) is 11.6 Å². The predicted molar refractivity (Wildman–Crippen MR) is 79.3 cm³/mol. The summed E-state index contributed by atoms with van der Waals surface area (Å²) in [6, 6.07) is 13.3. The second-order valence-electron chi connectivity index (χ2n) is 4.58. The number of hydrogen-bond acceptors (Lipinski definition) is 3. The molecule has 2 aromatic carbocycles. The minimum absolute atomic E-state index is 0.00767. The molecule has 3 nitrogen and oxygen atoms in total. The number of anilines is 2. The van der Waals surface area contributed by atoms with Gasteiger partial charge in [-0.25, -0.2) is 9.97 Å². The topological polar surface area (TPSA) is 37.8 Å². The van der Waals surface area contributed by atoms with Crippen LogP contribution in [-0.2, 0) is 6.18 Å². The Hall–Kier alpha value is -2.34. The molecule has 3 rings (SSSR count). The number of alkyl halides is 3.